The molecule has 0 saturated carbocycles. The minimum absolute atomic E-state index is 0.166. The van der Waals surface area contributed by atoms with Gasteiger partial charge in [0.15, 0.2) is 0 Å². The van der Waals surface area contributed by atoms with Crippen molar-refractivity contribution in [1.29, 1.82) is 0 Å². The van der Waals surface area contributed by atoms with Crippen LogP contribution in [0.25, 0.3) is 10.8 Å². The van der Waals surface area contributed by atoms with Crippen molar-refractivity contribution in [3.8, 4) is 11.5 Å². The summed E-state index contributed by atoms with van der Waals surface area (Å²) in [5.41, 5.74) is 1.16. The Morgan fingerprint density at radius 3 is 2.11 bits per heavy atom. The molecule has 0 aliphatic heterocycles. The van der Waals surface area contributed by atoms with Crippen LogP contribution < -0.4 is 9.47 Å². The van der Waals surface area contributed by atoms with Crippen molar-refractivity contribution in [3.05, 3.63) is 35.9 Å². The first-order chi connectivity index (χ1) is 8.99. The van der Waals surface area contributed by atoms with Crippen LogP contribution in [0.3, 0.4) is 0 Å². The van der Waals surface area contributed by atoms with Crippen LogP contribution in [0.2, 0.25) is 0 Å². The molecule has 0 aliphatic rings. The number of fused-ring (bicyclic) bond motifs is 1. The molecule has 0 fully saturated rings. The molecule has 0 radical (unpaired) electrons. The van der Waals surface area contributed by atoms with E-state index >= 15 is 0 Å². The van der Waals surface area contributed by atoms with Crippen molar-refractivity contribution in [3.63, 3.8) is 0 Å². The first-order valence-corrected chi connectivity index (χ1v) is 6.84. The average molecular weight is 258 g/mol. The van der Waals surface area contributed by atoms with E-state index in [2.05, 4.69) is 25.1 Å². The van der Waals surface area contributed by atoms with Crippen molar-refractivity contribution < 1.29 is 9.47 Å². The number of benzene rings is 2. The van der Waals surface area contributed by atoms with Crippen LogP contribution in [-0.4, -0.2) is 12.2 Å². The molecule has 102 valence electrons. The smallest absolute Gasteiger partial charge is 0.130 e. The van der Waals surface area contributed by atoms with Gasteiger partial charge in [0, 0.05) is 10.8 Å². The topological polar surface area (TPSA) is 18.5 Å². The fraction of sp³-hybridized carbons (Fsp3) is 0.412. The molecule has 19 heavy (non-hydrogen) atoms. The van der Waals surface area contributed by atoms with Gasteiger partial charge in [0.1, 0.15) is 11.5 Å². The standard InChI is InChI=1S/C17H22O2/c1-11(2)18-16-8-6-7-15-14(16)10-9-13(5)17(15)19-12(3)4/h6-12H,1-5H3. The fourth-order valence-corrected chi connectivity index (χ4v) is 2.16. The van der Waals surface area contributed by atoms with Gasteiger partial charge in [-0.25, -0.2) is 0 Å². The van der Waals surface area contributed by atoms with E-state index in [0.717, 1.165) is 27.8 Å². The lowest BCUT2D eigenvalue weighted by Gasteiger charge is -2.17. The molecule has 2 nitrogen and oxygen atoms in total. The van der Waals surface area contributed by atoms with Gasteiger partial charge in [0.2, 0.25) is 0 Å². The Hall–Kier alpha value is -1.70. The van der Waals surface area contributed by atoms with E-state index in [-0.39, 0.29) is 12.2 Å². The SMILES string of the molecule is Cc1ccc2c(OC(C)C)cccc2c1OC(C)C. The number of hydrogen-bond acceptors (Lipinski definition) is 2. The molecule has 0 bridgehead atoms. The number of hydrogen-bond donors (Lipinski definition) is 0. The predicted molar refractivity (Wildman–Crippen MR) is 80.2 cm³/mol. The molecular formula is C17H22O2. The van der Waals surface area contributed by atoms with Crippen LogP contribution in [0, 0.1) is 6.92 Å². The highest BCUT2D eigenvalue weighted by Crippen LogP contribution is 2.35. The zero-order valence-corrected chi connectivity index (χ0v) is 12.4. The molecule has 0 unspecified atom stereocenters. The van der Waals surface area contributed by atoms with Crippen LogP contribution >= 0.6 is 0 Å². The minimum Gasteiger partial charge on any atom is -0.490 e. The van der Waals surface area contributed by atoms with E-state index in [9.17, 15) is 0 Å². The molecule has 0 aromatic heterocycles. The number of ether oxygens (including phenoxy) is 2. The predicted octanol–water partition coefficient (Wildman–Crippen LogP) is 4.72. The van der Waals surface area contributed by atoms with Crippen LogP contribution in [0.4, 0.5) is 0 Å². The second kappa shape index (κ2) is 5.52. The summed E-state index contributed by atoms with van der Waals surface area (Å²) in [6.45, 7) is 10.3. The molecule has 2 aromatic carbocycles. The van der Waals surface area contributed by atoms with Crippen LogP contribution in [0.15, 0.2) is 30.3 Å². The van der Waals surface area contributed by atoms with Crippen molar-refractivity contribution >= 4 is 10.8 Å². The molecule has 0 N–H and O–H groups in total. The molecule has 2 aromatic rings. The zero-order valence-electron chi connectivity index (χ0n) is 12.4. The summed E-state index contributed by atoms with van der Waals surface area (Å²) in [7, 11) is 0. The van der Waals surface area contributed by atoms with E-state index in [0.29, 0.717) is 0 Å². The Morgan fingerprint density at radius 1 is 0.789 bits per heavy atom. The molecule has 0 amide bonds. The first-order valence-electron chi connectivity index (χ1n) is 6.84. The molecule has 0 heterocycles. The Bertz CT molecular complexity index is 571. The monoisotopic (exact) mass is 258 g/mol. The van der Waals surface area contributed by atoms with E-state index in [1.54, 1.807) is 0 Å². The maximum atomic E-state index is 5.96. The highest BCUT2D eigenvalue weighted by atomic mass is 16.5. The van der Waals surface area contributed by atoms with Crippen LogP contribution in [0.1, 0.15) is 33.3 Å². The maximum Gasteiger partial charge on any atom is 0.130 e. The quantitative estimate of drug-likeness (QED) is 0.789. The van der Waals surface area contributed by atoms with Crippen LogP contribution in [0.5, 0.6) is 11.5 Å². The third-order valence-electron chi connectivity index (χ3n) is 2.89. The molecule has 0 spiro atoms. The number of rotatable bonds is 4. The Balaban J connectivity index is 2.59. The normalized spacial score (nSPS) is 11.3. The summed E-state index contributed by atoms with van der Waals surface area (Å²) >= 11 is 0. The van der Waals surface area contributed by atoms with Gasteiger partial charge in [-0.15, -0.1) is 0 Å². The summed E-state index contributed by atoms with van der Waals surface area (Å²) in [5.74, 6) is 1.88. The summed E-state index contributed by atoms with van der Waals surface area (Å²) in [4.78, 5) is 0. The molecule has 2 rings (SSSR count). The van der Waals surface area contributed by atoms with Gasteiger partial charge >= 0.3 is 0 Å². The fourth-order valence-electron chi connectivity index (χ4n) is 2.16. The third kappa shape index (κ3) is 3.01. The summed E-state index contributed by atoms with van der Waals surface area (Å²) < 4.78 is 11.8. The van der Waals surface area contributed by atoms with E-state index in [1.165, 1.54) is 0 Å². The largest absolute Gasteiger partial charge is 0.490 e. The Kier molecular flexibility index (Phi) is 3.98. The van der Waals surface area contributed by atoms with Crippen molar-refractivity contribution in [2.45, 2.75) is 46.8 Å². The lowest BCUT2D eigenvalue weighted by molar-refractivity contribution is 0.241. The zero-order chi connectivity index (χ0) is 14.0. The Morgan fingerprint density at radius 2 is 1.47 bits per heavy atom. The minimum atomic E-state index is 0.166. The summed E-state index contributed by atoms with van der Waals surface area (Å²) in [6.07, 6.45) is 0.334. The maximum absolute atomic E-state index is 5.96. The summed E-state index contributed by atoms with van der Waals surface area (Å²) in [5, 5.41) is 2.23. The molecule has 2 heteroatoms. The van der Waals surface area contributed by atoms with Gasteiger partial charge in [-0.1, -0.05) is 24.3 Å². The van der Waals surface area contributed by atoms with Crippen LogP contribution in [-0.2, 0) is 0 Å². The average Bonchev–Trinajstić information content (AvgIpc) is 2.32. The molecular weight excluding hydrogens is 236 g/mol. The highest BCUT2D eigenvalue weighted by molar-refractivity contribution is 5.94. The lowest BCUT2D eigenvalue weighted by atomic mass is 10.0. The van der Waals surface area contributed by atoms with Crippen molar-refractivity contribution in [1.82, 2.24) is 0 Å². The molecule has 0 aliphatic carbocycles. The van der Waals surface area contributed by atoms with Gasteiger partial charge < -0.3 is 9.47 Å². The van der Waals surface area contributed by atoms with E-state index in [4.69, 9.17) is 9.47 Å². The number of aryl methyl sites for hydroxylation is 1. The first kappa shape index (κ1) is 13.7. The molecule has 0 atom stereocenters. The lowest BCUT2D eigenvalue weighted by Crippen LogP contribution is -2.08. The van der Waals surface area contributed by atoms with Gasteiger partial charge in [-0.2, -0.15) is 0 Å². The van der Waals surface area contributed by atoms with Gasteiger partial charge in [0.05, 0.1) is 12.2 Å². The summed E-state index contributed by atoms with van der Waals surface area (Å²) in [6, 6.07) is 10.3. The van der Waals surface area contributed by atoms with Crippen molar-refractivity contribution in [2.24, 2.45) is 0 Å². The highest BCUT2D eigenvalue weighted by Gasteiger charge is 2.11. The van der Waals surface area contributed by atoms with E-state index < -0.39 is 0 Å². The van der Waals surface area contributed by atoms with E-state index in [1.807, 2.05) is 39.8 Å². The van der Waals surface area contributed by atoms with Gasteiger partial charge in [0.25, 0.3) is 0 Å². The molecule has 0 saturated heterocycles. The van der Waals surface area contributed by atoms with Gasteiger partial charge in [-0.05, 0) is 46.2 Å². The second-order valence-corrected chi connectivity index (χ2v) is 5.40. The van der Waals surface area contributed by atoms with Gasteiger partial charge in [-0.3, -0.25) is 0 Å². The second-order valence-electron chi connectivity index (χ2n) is 5.40. The Labute approximate surface area is 115 Å². The third-order valence-corrected chi connectivity index (χ3v) is 2.89. The van der Waals surface area contributed by atoms with Crippen molar-refractivity contribution in [2.75, 3.05) is 0 Å².